The Bertz CT molecular complexity index is 403. The molecule has 0 aliphatic rings. The molecule has 0 saturated heterocycles. The Morgan fingerprint density at radius 1 is 1.35 bits per heavy atom. The van der Waals surface area contributed by atoms with Gasteiger partial charge in [0, 0.05) is 5.56 Å². The lowest BCUT2D eigenvalue weighted by Crippen LogP contribution is -2.12. The Balaban J connectivity index is 2.44. The van der Waals surface area contributed by atoms with Crippen molar-refractivity contribution >= 4 is 11.9 Å². The van der Waals surface area contributed by atoms with Crippen LogP contribution in [-0.4, -0.2) is 25.1 Å². The summed E-state index contributed by atoms with van der Waals surface area (Å²) in [5.41, 5.74) is 5.50. The van der Waals surface area contributed by atoms with Crippen molar-refractivity contribution in [2.24, 2.45) is 5.73 Å². The van der Waals surface area contributed by atoms with Gasteiger partial charge in [-0.15, -0.1) is 0 Å². The number of carbonyl (C=O) groups is 2. The van der Waals surface area contributed by atoms with Gasteiger partial charge >= 0.3 is 5.97 Å². The molecule has 0 bridgehead atoms. The summed E-state index contributed by atoms with van der Waals surface area (Å²) in [5.74, 6) is -0.315. The Morgan fingerprint density at radius 3 is 2.76 bits per heavy atom. The minimum absolute atomic E-state index is 0.175. The first kappa shape index (κ1) is 13.0. The van der Waals surface area contributed by atoms with Crippen LogP contribution in [0, 0.1) is 0 Å². The zero-order valence-electron chi connectivity index (χ0n) is 9.64. The Morgan fingerprint density at radius 2 is 2.12 bits per heavy atom. The second-order valence-corrected chi connectivity index (χ2v) is 3.30. The van der Waals surface area contributed by atoms with Crippen molar-refractivity contribution in [3.05, 3.63) is 29.8 Å². The first-order valence-corrected chi connectivity index (χ1v) is 5.31. The number of primary amides is 1. The topological polar surface area (TPSA) is 78.6 Å². The molecule has 1 amide bonds. The number of ether oxygens (including phenoxy) is 2. The zero-order valence-corrected chi connectivity index (χ0v) is 9.64. The fourth-order valence-corrected chi connectivity index (χ4v) is 1.22. The van der Waals surface area contributed by atoms with Crippen LogP contribution in [0.5, 0.6) is 5.75 Å². The van der Waals surface area contributed by atoms with E-state index < -0.39 is 5.91 Å². The molecule has 92 valence electrons. The lowest BCUT2D eigenvalue weighted by molar-refractivity contribution is -0.143. The molecule has 5 nitrogen and oxygen atoms in total. The summed E-state index contributed by atoms with van der Waals surface area (Å²) in [7, 11) is 0. The third kappa shape index (κ3) is 4.55. The molecular weight excluding hydrogens is 222 g/mol. The van der Waals surface area contributed by atoms with Crippen molar-refractivity contribution in [1.29, 1.82) is 0 Å². The van der Waals surface area contributed by atoms with Gasteiger partial charge in [-0.1, -0.05) is 6.07 Å². The molecule has 0 spiro atoms. The van der Waals surface area contributed by atoms with Crippen LogP contribution in [-0.2, 0) is 9.53 Å². The van der Waals surface area contributed by atoms with Crippen LogP contribution < -0.4 is 10.5 Å². The number of hydrogen-bond acceptors (Lipinski definition) is 4. The highest BCUT2D eigenvalue weighted by Crippen LogP contribution is 2.13. The van der Waals surface area contributed by atoms with Gasteiger partial charge in [0.25, 0.3) is 0 Å². The molecule has 1 aromatic rings. The van der Waals surface area contributed by atoms with E-state index in [2.05, 4.69) is 0 Å². The van der Waals surface area contributed by atoms with Crippen molar-refractivity contribution in [1.82, 2.24) is 0 Å². The van der Waals surface area contributed by atoms with Crippen LogP contribution in [0.2, 0.25) is 0 Å². The van der Waals surface area contributed by atoms with Gasteiger partial charge in [0.2, 0.25) is 5.91 Å². The number of esters is 1. The van der Waals surface area contributed by atoms with E-state index in [9.17, 15) is 9.59 Å². The second kappa shape index (κ2) is 6.52. The van der Waals surface area contributed by atoms with Crippen molar-refractivity contribution in [2.45, 2.75) is 13.3 Å². The maximum absolute atomic E-state index is 11.0. The minimum atomic E-state index is -0.513. The third-order valence-electron chi connectivity index (χ3n) is 2.00. The normalized spacial score (nSPS) is 9.71. The maximum Gasteiger partial charge on any atom is 0.309 e. The average Bonchev–Trinajstić information content (AvgIpc) is 2.30. The molecule has 0 aliphatic carbocycles. The molecular formula is C12H15NO4. The highest BCUT2D eigenvalue weighted by Gasteiger charge is 2.04. The van der Waals surface area contributed by atoms with Gasteiger partial charge in [-0.2, -0.15) is 0 Å². The van der Waals surface area contributed by atoms with Crippen molar-refractivity contribution in [3.63, 3.8) is 0 Å². The summed E-state index contributed by atoms with van der Waals surface area (Å²) in [4.78, 5) is 21.9. The van der Waals surface area contributed by atoms with Gasteiger partial charge in [-0.25, -0.2) is 0 Å². The average molecular weight is 237 g/mol. The lowest BCUT2D eigenvalue weighted by Gasteiger charge is -2.06. The van der Waals surface area contributed by atoms with Gasteiger partial charge < -0.3 is 15.2 Å². The number of amides is 1. The van der Waals surface area contributed by atoms with Gasteiger partial charge in [0.15, 0.2) is 0 Å². The van der Waals surface area contributed by atoms with Gasteiger partial charge in [-0.05, 0) is 25.1 Å². The van der Waals surface area contributed by atoms with Crippen LogP contribution in [0.25, 0.3) is 0 Å². The van der Waals surface area contributed by atoms with E-state index in [0.29, 0.717) is 17.9 Å². The fraction of sp³-hybridized carbons (Fsp3) is 0.333. The third-order valence-corrected chi connectivity index (χ3v) is 2.00. The summed E-state index contributed by atoms with van der Waals surface area (Å²) in [6.07, 6.45) is 0.175. The molecule has 0 saturated carbocycles. The number of benzene rings is 1. The molecule has 1 aromatic carbocycles. The van der Waals surface area contributed by atoms with E-state index in [0.717, 1.165) is 0 Å². The van der Waals surface area contributed by atoms with Gasteiger partial charge in [-0.3, -0.25) is 9.59 Å². The van der Waals surface area contributed by atoms with E-state index in [1.165, 1.54) is 6.07 Å². The Hall–Kier alpha value is -2.04. The smallest absolute Gasteiger partial charge is 0.309 e. The highest BCUT2D eigenvalue weighted by molar-refractivity contribution is 5.93. The van der Waals surface area contributed by atoms with E-state index in [-0.39, 0.29) is 19.0 Å². The van der Waals surface area contributed by atoms with E-state index in [4.69, 9.17) is 15.2 Å². The van der Waals surface area contributed by atoms with Crippen molar-refractivity contribution in [3.8, 4) is 5.75 Å². The van der Waals surface area contributed by atoms with Crippen LogP contribution in [0.4, 0.5) is 0 Å². The molecule has 0 unspecified atom stereocenters. The summed E-state index contributed by atoms with van der Waals surface area (Å²) >= 11 is 0. The van der Waals surface area contributed by atoms with E-state index in [1.807, 2.05) is 0 Å². The minimum Gasteiger partial charge on any atom is -0.493 e. The summed E-state index contributed by atoms with van der Waals surface area (Å²) in [6, 6.07) is 6.49. The molecule has 0 atom stereocenters. The standard InChI is InChI=1S/C12H15NO4/c1-2-16-11(14)6-7-17-10-5-3-4-9(8-10)12(13)15/h3-5,8H,2,6-7H2,1H3,(H2,13,15). The molecule has 0 fully saturated rings. The summed E-state index contributed by atoms with van der Waals surface area (Å²) < 4.78 is 10.1. The highest BCUT2D eigenvalue weighted by atomic mass is 16.5. The Kier molecular flexibility index (Phi) is 5.00. The van der Waals surface area contributed by atoms with E-state index in [1.54, 1.807) is 25.1 Å². The largest absolute Gasteiger partial charge is 0.493 e. The Labute approximate surface area is 99.5 Å². The number of rotatable bonds is 6. The van der Waals surface area contributed by atoms with Crippen LogP contribution in [0.3, 0.4) is 0 Å². The maximum atomic E-state index is 11.0. The van der Waals surface area contributed by atoms with Crippen LogP contribution in [0.15, 0.2) is 24.3 Å². The number of carbonyl (C=O) groups excluding carboxylic acids is 2. The second-order valence-electron chi connectivity index (χ2n) is 3.30. The predicted molar refractivity (Wildman–Crippen MR) is 61.7 cm³/mol. The molecule has 1 rings (SSSR count). The molecule has 2 N–H and O–H groups in total. The van der Waals surface area contributed by atoms with Gasteiger partial charge in [0.1, 0.15) is 5.75 Å². The zero-order chi connectivity index (χ0) is 12.7. The van der Waals surface area contributed by atoms with Gasteiger partial charge in [0.05, 0.1) is 19.6 Å². The number of hydrogen-bond donors (Lipinski definition) is 1. The number of nitrogens with two attached hydrogens (primary N) is 1. The molecule has 0 aromatic heterocycles. The fourth-order valence-electron chi connectivity index (χ4n) is 1.22. The monoisotopic (exact) mass is 237 g/mol. The first-order valence-electron chi connectivity index (χ1n) is 5.31. The predicted octanol–water partition coefficient (Wildman–Crippen LogP) is 1.12. The molecule has 0 heterocycles. The van der Waals surface area contributed by atoms with Crippen LogP contribution >= 0.6 is 0 Å². The summed E-state index contributed by atoms with van der Waals surface area (Å²) in [6.45, 7) is 2.31. The van der Waals surface area contributed by atoms with Crippen LogP contribution in [0.1, 0.15) is 23.7 Å². The van der Waals surface area contributed by atoms with Crippen molar-refractivity contribution < 1.29 is 19.1 Å². The van der Waals surface area contributed by atoms with Crippen molar-refractivity contribution in [2.75, 3.05) is 13.2 Å². The first-order chi connectivity index (χ1) is 8.13. The summed E-state index contributed by atoms with van der Waals surface area (Å²) in [5, 5.41) is 0. The molecule has 0 radical (unpaired) electrons. The SMILES string of the molecule is CCOC(=O)CCOc1cccc(C(N)=O)c1. The molecule has 5 heteroatoms. The van der Waals surface area contributed by atoms with E-state index >= 15 is 0 Å². The quantitative estimate of drug-likeness (QED) is 0.752. The molecule has 17 heavy (non-hydrogen) atoms. The lowest BCUT2D eigenvalue weighted by atomic mass is 10.2. The molecule has 0 aliphatic heterocycles.